The van der Waals surface area contributed by atoms with Gasteiger partial charge in [-0.15, -0.1) is 5.10 Å². The van der Waals surface area contributed by atoms with Crippen LogP contribution in [0.2, 0.25) is 0 Å². The number of benzene rings is 1. The van der Waals surface area contributed by atoms with Gasteiger partial charge in [0, 0.05) is 6.42 Å². The molecule has 0 aliphatic carbocycles. The molecule has 0 saturated heterocycles. The van der Waals surface area contributed by atoms with Crippen LogP contribution in [0.3, 0.4) is 0 Å². The first kappa shape index (κ1) is 14.2. The average Bonchev–Trinajstić information content (AvgIpc) is 2.84. The van der Waals surface area contributed by atoms with Crippen molar-refractivity contribution in [3.63, 3.8) is 0 Å². The van der Waals surface area contributed by atoms with Crippen LogP contribution in [0.4, 0.5) is 0 Å². The third-order valence-corrected chi connectivity index (χ3v) is 3.08. The highest BCUT2D eigenvalue weighted by Gasteiger charge is 2.17. The van der Waals surface area contributed by atoms with E-state index in [1.165, 1.54) is 0 Å². The third kappa shape index (κ3) is 2.87. The van der Waals surface area contributed by atoms with Crippen molar-refractivity contribution in [2.45, 2.75) is 39.5 Å². The summed E-state index contributed by atoms with van der Waals surface area (Å²) in [6, 6.07) is 7.94. The number of aromatic carboxylic acids is 1. The van der Waals surface area contributed by atoms with Crippen molar-refractivity contribution in [3.05, 3.63) is 41.5 Å². The van der Waals surface area contributed by atoms with Crippen molar-refractivity contribution >= 4 is 5.97 Å². The van der Waals surface area contributed by atoms with Crippen molar-refractivity contribution in [2.75, 3.05) is 0 Å². The molecule has 0 unspecified atom stereocenters. The van der Waals surface area contributed by atoms with Gasteiger partial charge in [0.15, 0.2) is 0 Å². The summed E-state index contributed by atoms with van der Waals surface area (Å²) in [7, 11) is 0. The molecule has 5 nitrogen and oxygen atoms in total. The van der Waals surface area contributed by atoms with Crippen LogP contribution >= 0.6 is 0 Å². The maximum absolute atomic E-state index is 11.1. The van der Waals surface area contributed by atoms with Crippen molar-refractivity contribution in [1.29, 1.82) is 0 Å². The smallest absolute Gasteiger partial charge is 0.375 e. The Morgan fingerprint density at radius 2 is 1.90 bits per heavy atom. The number of carboxylic acid groups (broad SMARTS) is 1. The average molecular weight is 273 g/mol. The second-order valence-electron chi connectivity index (χ2n) is 4.70. The number of aromatic nitrogens is 3. The summed E-state index contributed by atoms with van der Waals surface area (Å²) in [4.78, 5) is 15.2. The second-order valence-corrected chi connectivity index (χ2v) is 4.70. The Balaban J connectivity index is 2.53. The van der Waals surface area contributed by atoms with Crippen LogP contribution in [-0.2, 0) is 12.8 Å². The Labute approximate surface area is 118 Å². The van der Waals surface area contributed by atoms with E-state index in [1.54, 1.807) is 4.68 Å². The SMILES string of the molecule is CCCc1ccccc1-n1nc(C(=O)O)nc1CCC. The number of hydrogen-bond donors (Lipinski definition) is 1. The predicted octanol–water partition coefficient (Wildman–Crippen LogP) is 2.87. The topological polar surface area (TPSA) is 68.0 Å². The van der Waals surface area contributed by atoms with E-state index in [2.05, 4.69) is 23.1 Å². The number of para-hydroxylation sites is 1. The summed E-state index contributed by atoms with van der Waals surface area (Å²) in [5, 5.41) is 13.2. The number of carboxylic acids is 1. The highest BCUT2D eigenvalue weighted by molar-refractivity contribution is 5.83. The van der Waals surface area contributed by atoms with E-state index in [1.807, 2.05) is 25.1 Å². The van der Waals surface area contributed by atoms with Gasteiger partial charge in [-0.3, -0.25) is 0 Å². The fourth-order valence-corrected chi connectivity index (χ4v) is 2.21. The van der Waals surface area contributed by atoms with Gasteiger partial charge < -0.3 is 5.11 Å². The van der Waals surface area contributed by atoms with Crippen LogP contribution in [0.1, 0.15) is 48.7 Å². The van der Waals surface area contributed by atoms with Gasteiger partial charge in [-0.1, -0.05) is 38.5 Å². The van der Waals surface area contributed by atoms with Gasteiger partial charge in [0.25, 0.3) is 5.82 Å². The van der Waals surface area contributed by atoms with E-state index in [0.29, 0.717) is 12.2 Å². The second kappa shape index (κ2) is 6.32. The number of aryl methyl sites for hydroxylation is 2. The molecule has 0 bridgehead atoms. The first-order valence-corrected chi connectivity index (χ1v) is 6.94. The molecule has 106 valence electrons. The van der Waals surface area contributed by atoms with E-state index >= 15 is 0 Å². The van der Waals surface area contributed by atoms with Crippen LogP contribution in [0.5, 0.6) is 0 Å². The standard InChI is InChI=1S/C15H19N3O2/c1-3-7-11-9-5-6-10-12(11)18-13(8-4-2)16-14(17-18)15(19)20/h5-6,9-10H,3-4,7-8H2,1-2H3,(H,19,20). The zero-order valence-electron chi connectivity index (χ0n) is 11.8. The lowest BCUT2D eigenvalue weighted by molar-refractivity contribution is 0.0683. The van der Waals surface area contributed by atoms with Crippen LogP contribution in [0.25, 0.3) is 5.69 Å². The highest BCUT2D eigenvalue weighted by atomic mass is 16.4. The van der Waals surface area contributed by atoms with Gasteiger partial charge in [0.1, 0.15) is 5.82 Å². The fourth-order valence-electron chi connectivity index (χ4n) is 2.21. The summed E-state index contributed by atoms with van der Waals surface area (Å²) in [6.45, 7) is 4.16. The molecule has 5 heteroatoms. The summed E-state index contributed by atoms with van der Waals surface area (Å²) in [5.74, 6) is -0.526. The largest absolute Gasteiger partial charge is 0.475 e. The predicted molar refractivity (Wildman–Crippen MR) is 76.3 cm³/mol. The van der Waals surface area contributed by atoms with E-state index < -0.39 is 5.97 Å². The molecule has 1 N–H and O–H groups in total. The molecule has 2 rings (SSSR count). The van der Waals surface area contributed by atoms with E-state index in [0.717, 1.165) is 30.5 Å². The first-order chi connectivity index (χ1) is 9.67. The van der Waals surface area contributed by atoms with Gasteiger partial charge in [0.05, 0.1) is 5.69 Å². The van der Waals surface area contributed by atoms with Gasteiger partial charge in [-0.2, -0.15) is 0 Å². The van der Waals surface area contributed by atoms with Crippen molar-refractivity contribution in [3.8, 4) is 5.69 Å². The minimum absolute atomic E-state index is 0.139. The summed E-state index contributed by atoms with van der Waals surface area (Å²) >= 11 is 0. The van der Waals surface area contributed by atoms with Gasteiger partial charge in [0.2, 0.25) is 0 Å². The van der Waals surface area contributed by atoms with Crippen molar-refractivity contribution in [1.82, 2.24) is 14.8 Å². The fraction of sp³-hybridized carbons (Fsp3) is 0.400. The molecular weight excluding hydrogens is 254 g/mol. The first-order valence-electron chi connectivity index (χ1n) is 6.94. The number of nitrogens with zero attached hydrogens (tertiary/aromatic N) is 3. The normalized spacial score (nSPS) is 10.7. The van der Waals surface area contributed by atoms with Crippen LogP contribution in [-0.4, -0.2) is 25.8 Å². The molecule has 0 amide bonds. The van der Waals surface area contributed by atoms with Crippen LogP contribution in [0, 0.1) is 0 Å². The lowest BCUT2D eigenvalue weighted by Gasteiger charge is -2.10. The molecule has 0 aliphatic heterocycles. The molecule has 1 heterocycles. The Bertz CT molecular complexity index is 605. The van der Waals surface area contributed by atoms with E-state index in [-0.39, 0.29) is 5.82 Å². The maximum Gasteiger partial charge on any atom is 0.375 e. The molecule has 1 aromatic heterocycles. The highest BCUT2D eigenvalue weighted by Crippen LogP contribution is 2.18. The van der Waals surface area contributed by atoms with Gasteiger partial charge in [-0.05, 0) is 24.5 Å². The molecular formula is C15H19N3O2. The van der Waals surface area contributed by atoms with Crippen LogP contribution < -0.4 is 0 Å². The number of carbonyl (C=O) groups is 1. The maximum atomic E-state index is 11.1. The van der Waals surface area contributed by atoms with Gasteiger partial charge in [-0.25, -0.2) is 14.5 Å². The Morgan fingerprint density at radius 1 is 1.20 bits per heavy atom. The minimum atomic E-state index is -1.09. The summed E-state index contributed by atoms with van der Waals surface area (Å²) in [5.41, 5.74) is 2.09. The molecule has 0 fully saturated rings. The molecule has 2 aromatic rings. The molecule has 0 spiro atoms. The lowest BCUT2D eigenvalue weighted by atomic mass is 10.1. The molecule has 20 heavy (non-hydrogen) atoms. The number of hydrogen-bond acceptors (Lipinski definition) is 3. The molecule has 1 aromatic carbocycles. The number of rotatable bonds is 6. The molecule has 0 saturated carbocycles. The third-order valence-electron chi connectivity index (χ3n) is 3.08. The summed E-state index contributed by atoms with van der Waals surface area (Å²) in [6.07, 6.45) is 3.57. The van der Waals surface area contributed by atoms with Crippen LogP contribution in [0.15, 0.2) is 24.3 Å². The molecule has 0 radical (unpaired) electrons. The Kier molecular flexibility index (Phi) is 4.50. The minimum Gasteiger partial charge on any atom is -0.475 e. The van der Waals surface area contributed by atoms with Gasteiger partial charge >= 0.3 is 5.97 Å². The lowest BCUT2D eigenvalue weighted by Crippen LogP contribution is -2.06. The zero-order valence-corrected chi connectivity index (χ0v) is 11.8. The quantitative estimate of drug-likeness (QED) is 0.878. The van der Waals surface area contributed by atoms with Crippen molar-refractivity contribution < 1.29 is 9.90 Å². The van der Waals surface area contributed by atoms with E-state index in [4.69, 9.17) is 5.11 Å². The monoisotopic (exact) mass is 273 g/mol. The Hall–Kier alpha value is -2.17. The molecule has 0 atom stereocenters. The van der Waals surface area contributed by atoms with Crippen molar-refractivity contribution in [2.24, 2.45) is 0 Å². The summed E-state index contributed by atoms with van der Waals surface area (Å²) < 4.78 is 1.68. The zero-order chi connectivity index (χ0) is 14.5. The Morgan fingerprint density at radius 3 is 2.55 bits per heavy atom. The van der Waals surface area contributed by atoms with E-state index in [9.17, 15) is 4.79 Å². The molecule has 0 aliphatic rings.